The monoisotopic (exact) mass is 338 g/mol. The lowest BCUT2D eigenvalue weighted by atomic mass is 9.91. The molecular formula is C17H14N4O2S. The molecule has 0 aliphatic carbocycles. The summed E-state index contributed by atoms with van der Waals surface area (Å²) in [6, 6.07) is 7.69. The number of aliphatic imine (C=N–C) groups is 1. The number of amides is 2. The van der Waals surface area contributed by atoms with Gasteiger partial charge in [-0.2, -0.15) is 4.99 Å². The number of aromatic nitrogens is 1. The quantitative estimate of drug-likeness (QED) is 0.913. The lowest BCUT2D eigenvalue weighted by Gasteiger charge is -2.41. The lowest BCUT2D eigenvalue weighted by molar-refractivity contribution is -0.130. The number of hydrogen-bond donors (Lipinski definition) is 1. The van der Waals surface area contributed by atoms with Crippen LogP contribution in [0, 0.1) is 0 Å². The zero-order valence-electron chi connectivity index (χ0n) is 12.9. The Morgan fingerprint density at radius 1 is 1.33 bits per heavy atom. The van der Waals surface area contributed by atoms with Gasteiger partial charge in [0.25, 0.3) is 11.8 Å². The molecule has 3 heterocycles. The van der Waals surface area contributed by atoms with Gasteiger partial charge in [0, 0.05) is 6.20 Å². The summed E-state index contributed by atoms with van der Waals surface area (Å²) in [5, 5.41) is 3.38. The largest absolute Gasteiger partial charge is 0.317 e. The molecule has 7 heteroatoms. The topological polar surface area (TPSA) is 74.7 Å². The minimum Gasteiger partial charge on any atom is -0.317 e. The molecule has 1 N–H and O–H groups in total. The Balaban J connectivity index is 1.65. The lowest BCUT2D eigenvalue weighted by Crippen LogP contribution is -2.58. The molecule has 0 spiro atoms. The molecule has 0 saturated heterocycles. The van der Waals surface area contributed by atoms with E-state index in [9.17, 15) is 9.59 Å². The van der Waals surface area contributed by atoms with Gasteiger partial charge in [-0.15, -0.1) is 0 Å². The highest BCUT2D eigenvalue weighted by atomic mass is 32.1. The zero-order valence-corrected chi connectivity index (χ0v) is 13.7. The van der Waals surface area contributed by atoms with Crippen LogP contribution < -0.4 is 5.32 Å². The second-order valence-corrected chi connectivity index (χ2v) is 6.86. The minimum absolute atomic E-state index is 0.0193. The molecule has 1 unspecified atom stereocenters. The first kappa shape index (κ1) is 14.8. The fraction of sp³-hybridized carbons (Fsp3) is 0.176. The first-order chi connectivity index (χ1) is 11.6. The van der Waals surface area contributed by atoms with Crippen molar-refractivity contribution >= 4 is 44.3 Å². The SMILES string of the molecule is CC1(C(=O)Nc2nc3ccccc3s2)CC(=O)N=C2C=CC=CN21. The number of hydrogen-bond acceptors (Lipinski definition) is 5. The summed E-state index contributed by atoms with van der Waals surface area (Å²) in [4.78, 5) is 35.0. The number of rotatable bonds is 2. The molecule has 0 fully saturated rings. The molecule has 1 atom stereocenters. The van der Waals surface area contributed by atoms with Crippen LogP contribution in [0.2, 0.25) is 0 Å². The van der Waals surface area contributed by atoms with Crippen molar-refractivity contribution in [3.05, 3.63) is 48.7 Å². The molecule has 0 saturated carbocycles. The second-order valence-electron chi connectivity index (χ2n) is 5.83. The summed E-state index contributed by atoms with van der Waals surface area (Å²) in [5.74, 6) is -0.0962. The van der Waals surface area contributed by atoms with Crippen molar-refractivity contribution in [1.82, 2.24) is 9.88 Å². The van der Waals surface area contributed by atoms with E-state index in [0.29, 0.717) is 11.0 Å². The van der Waals surface area contributed by atoms with Gasteiger partial charge in [-0.1, -0.05) is 29.5 Å². The van der Waals surface area contributed by atoms with E-state index in [1.807, 2.05) is 30.3 Å². The highest BCUT2D eigenvalue weighted by Crippen LogP contribution is 2.31. The van der Waals surface area contributed by atoms with Gasteiger partial charge in [0.1, 0.15) is 11.4 Å². The minimum atomic E-state index is -1.03. The molecule has 0 radical (unpaired) electrons. The van der Waals surface area contributed by atoms with E-state index in [2.05, 4.69) is 15.3 Å². The molecule has 2 aliphatic rings. The summed E-state index contributed by atoms with van der Waals surface area (Å²) >= 11 is 1.41. The van der Waals surface area contributed by atoms with Gasteiger partial charge in [-0.25, -0.2) is 4.98 Å². The van der Waals surface area contributed by atoms with E-state index in [1.165, 1.54) is 11.3 Å². The molecule has 24 heavy (non-hydrogen) atoms. The molecule has 6 nitrogen and oxygen atoms in total. The summed E-state index contributed by atoms with van der Waals surface area (Å²) in [6.07, 6.45) is 7.12. The Bertz CT molecular complexity index is 910. The third-order valence-electron chi connectivity index (χ3n) is 4.11. The summed E-state index contributed by atoms with van der Waals surface area (Å²) in [6.45, 7) is 1.74. The average Bonchev–Trinajstić information content (AvgIpc) is 2.96. The number of carbonyl (C=O) groups excluding carboxylic acids is 2. The molecule has 1 aromatic heterocycles. The Labute approximate surface area is 142 Å². The van der Waals surface area contributed by atoms with Crippen molar-refractivity contribution < 1.29 is 9.59 Å². The maximum atomic E-state index is 12.9. The van der Waals surface area contributed by atoms with Crippen LogP contribution in [-0.2, 0) is 9.59 Å². The van der Waals surface area contributed by atoms with Gasteiger partial charge in [0.05, 0.1) is 16.6 Å². The van der Waals surface area contributed by atoms with Crippen molar-refractivity contribution in [2.75, 3.05) is 5.32 Å². The number of anilines is 1. The van der Waals surface area contributed by atoms with E-state index in [4.69, 9.17) is 0 Å². The van der Waals surface area contributed by atoms with Crippen molar-refractivity contribution in [2.45, 2.75) is 18.9 Å². The van der Waals surface area contributed by atoms with Gasteiger partial charge in [-0.3, -0.25) is 14.9 Å². The van der Waals surface area contributed by atoms with Gasteiger partial charge < -0.3 is 4.90 Å². The molecule has 2 aromatic rings. The molecule has 4 rings (SSSR count). The predicted octanol–water partition coefficient (Wildman–Crippen LogP) is 2.71. The highest BCUT2D eigenvalue weighted by Gasteiger charge is 2.45. The summed E-state index contributed by atoms with van der Waals surface area (Å²) in [5.41, 5.74) is -0.196. The Kier molecular flexibility index (Phi) is 3.31. The van der Waals surface area contributed by atoms with Crippen molar-refractivity contribution in [3.63, 3.8) is 0 Å². The normalized spacial score (nSPS) is 22.5. The molecular weight excluding hydrogens is 324 g/mol. The van der Waals surface area contributed by atoms with Crippen LogP contribution in [-0.4, -0.2) is 33.1 Å². The van der Waals surface area contributed by atoms with E-state index in [1.54, 1.807) is 30.2 Å². The Hall–Kier alpha value is -2.80. The van der Waals surface area contributed by atoms with Crippen LogP contribution in [0.3, 0.4) is 0 Å². The molecule has 1 aromatic carbocycles. The predicted molar refractivity (Wildman–Crippen MR) is 93.8 cm³/mol. The summed E-state index contributed by atoms with van der Waals surface area (Å²) in [7, 11) is 0. The smallest absolute Gasteiger partial charge is 0.252 e. The first-order valence-corrected chi connectivity index (χ1v) is 8.31. The summed E-state index contributed by atoms with van der Waals surface area (Å²) < 4.78 is 1.00. The van der Waals surface area contributed by atoms with Crippen LogP contribution in [0.15, 0.2) is 53.7 Å². The van der Waals surface area contributed by atoms with Crippen molar-refractivity contribution in [2.24, 2.45) is 4.99 Å². The zero-order chi connectivity index (χ0) is 16.7. The number of nitrogens with zero attached hydrogens (tertiary/aromatic N) is 3. The standard InChI is InChI=1S/C17H14N4O2S/c1-17(10-14(22)19-13-8-4-5-9-21(13)17)15(23)20-16-18-11-6-2-3-7-12(11)24-16/h2-9H,10H2,1H3,(H,18,20,23). The van der Waals surface area contributed by atoms with E-state index in [0.717, 1.165) is 10.2 Å². The Morgan fingerprint density at radius 2 is 2.17 bits per heavy atom. The second kappa shape index (κ2) is 5.38. The number of fused-ring (bicyclic) bond motifs is 2. The van der Waals surface area contributed by atoms with Crippen molar-refractivity contribution in [1.29, 1.82) is 0 Å². The molecule has 0 bridgehead atoms. The van der Waals surface area contributed by atoms with Crippen LogP contribution in [0.5, 0.6) is 0 Å². The van der Waals surface area contributed by atoms with Crippen LogP contribution >= 0.6 is 11.3 Å². The van der Waals surface area contributed by atoms with Gasteiger partial charge in [0.15, 0.2) is 5.13 Å². The number of allylic oxidation sites excluding steroid dienone is 2. The fourth-order valence-corrected chi connectivity index (χ4v) is 3.70. The van der Waals surface area contributed by atoms with Gasteiger partial charge in [-0.05, 0) is 31.2 Å². The van der Waals surface area contributed by atoms with E-state index in [-0.39, 0.29) is 18.2 Å². The Morgan fingerprint density at radius 3 is 3.00 bits per heavy atom. The maximum Gasteiger partial charge on any atom is 0.252 e. The highest BCUT2D eigenvalue weighted by molar-refractivity contribution is 7.22. The van der Waals surface area contributed by atoms with Crippen LogP contribution in [0.25, 0.3) is 10.2 Å². The van der Waals surface area contributed by atoms with E-state index < -0.39 is 5.54 Å². The van der Waals surface area contributed by atoms with Gasteiger partial charge >= 0.3 is 0 Å². The number of nitrogens with one attached hydrogen (secondary N) is 1. The third-order valence-corrected chi connectivity index (χ3v) is 5.06. The number of amidine groups is 1. The van der Waals surface area contributed by atoms with E-state index >= 15 is 0 Å². The first-order valence-electron chi connectivity index (χ1n) is 7.49. The number of thiazole rings is 1. The number of carbonyl (C=O) groups is 2. The average molecular weight is 338 g/mol. The van der Waals surface area contributed by atoms with Crippen molar-refractivity contribution in [3.8, 4) is 0 Å². The van der Waals surface area contributed by atoms with Crippen LogP contribution in [0.1, 0.15) is 13.3 Å². The van der Waals surface area contributed by atoms with Crippen LogP contribution in [0.4, 0.5) is 5.13 Å². The number of benzene rings is 1. The molecule has 2 aliphatic heterocycles. The maximum absolute atomic E-state index is 12.9. The third kappa shape index (κ3) is 2.33. The fourth-order valence-electron chi connectivity index (χ4n) is 2.84. The molecule has 120 valence electrons. The number of para-hydroxylation sites is 1. The van der Waals surface area contributed by atoms with Gasteiger partial charge in [0.2, 0.25) is 0 Å². The molecule has 2 amide bonds.